The van der Waals surface area contributed by atoms with E-state index in [1.165, 1.54) is 12.8 Å². The average Bonchev–Trinajstić information content (AvgIpc) is 3.15. The molecule has 3 atom stereocenters. The minimum atomic E-state index is 0.378. The van der Waals surface area contributed by atoms with Crippen molar-refractivity contribution >= 4 is 22.6 Å². The number of fused-ring (bicyclic) bond motifs is 3. The zero-order valence-electron chi connectivity index (χ0n) is 14.1. The summed E-state index contributed by atoms with van der Waals surface area (Å²) in [4.78, 5) is 0. The molecule has 2 aliphatic rings. The van der Waals surface area contributed by atoms with Crippen LogP contribution in [0, 0.1) is 6.92 Å². The van der Waals surface area contributed by atoms with E-state index in [0.717, 1.165) is 40.8 Å². The first-order chi connectivity index (χ1) is 12.2. The predicted octanol–water partition coefficient (Wildman–Crippen LogP) is 3.91. The molecule has 0 saturated carbocycles. The Morgan fingerprint density at radius 2 is 1.80 bits per heavy atom. The fraction of sp³-hybridized carbons (Fsp3) is 0.421. The summed E-state index contributed by atoms with van der Waals surface area (Å²) < 4.78 is 2.07. The third-order valence-corrected chi connectivity index (χ3v) is 5.94. The number of aryl methyl sites for hydroxylation is 1. The van der Waals surface area contributed by atoms with Crippen molar-refractivity contribution in [2.24, 2.45) is 0 Å². The van der Waals surface area contributed by atoms with Crippen molar-refractivity contribution in [2.75, 3.05) is 0 Å². The van der Waals surface area contributed by atoms with Crippen molar-refractivity contribution in [2.45, 2.75) is 50.7 Å². The molecule has 3 aromatic rings. The molecule has 2 bridgehead atoms. The molecule has 128 valence electrons. The molecule has 0 radical (unpaired) electrons. The number of nitrogens with zero attached hydrogens (tertiary/aromatic N) is 4. The number of aromatic nitrogens is 4. The number of benzene rings is 1. The minimum absolute atomic E-state index is 0.378. The van der Waals surface area contributed by atoms with Gasteiger partial charge in [0.25, 0.3) is 0 Å². The van der Waals surface area contributed by atoms with Crippen molar-refractivity contribution in [3.05, 3.63) is 41.0 Å². The quantitative estimate of drug-likeness (QED) is 0.758. The largest absolute Gasteiger partial charge is 0.311 e. The van der Waals surface area contributed by atoms with Gasteiger partial charge in [-0.1, -0.05) is 41.9 Å². The summed E-state index contributed by atoms with van der Waals surface area (Å²) >= 11 is 6.74. The van der Waals surface area contributed by atoms with E-state index in [1.54, 1.807) is 0 Å². The van der Waals surface area contributed by atoms with E-state index in [-0.39, 0.29) is 0 Å². The normalized spacial score (nSPS) is 25.6. The summed E-state index contributed by atoms with van der Waals surface area (Å²) in [5.41, 5.74) is 3.45. The highest BCUT2D eigenvalue weighted by atomic mass is 35.5. The van der Waals surface area contributed by atoms with Gasteiger partial charge in [0.2, 0.25) is 0 Å². The predicted molar refractivity (Wildman–Crippen MR) is 98.7 cm³/mol. The van der Waals surface area contributed by atoms with Gasteiger partial charge < -0.3 is 5.32 Å². The van der Waals surface area contributed by atoms with E-state index in [2.05, 4.69) is 20.2 Å². The molecule has 2 aliphatic heterocycles. The van der Waals surface area contributed by atoms with Crippen molar-refractivity contribution < 1.29 is 0 Å². The molecule has 4 heterocycles. The number of hydrogen-bond donors (Lipinski definition) is 1. The monoisotopic (exact) mass is 353 g/mol. The van der Waals surface area contributed by atoms with Crippen LogP contribution in [0.3, 0.4) is 0 Å². The summed E-state index contributed by atoms with van der Waals surface area (Å²) in [5.74, 6) is 0. The summed E-state index contributed by atoms with van der Waals surface area (Å²) in [6, 6.07) is 11.6. The summed E-state index contributed by atoms with van der Waals surface area (Å²) in [6.45, 7) is 2.01. The van der Waals surface area contributed by atoms with Crippen LogP contribution in [0.15, 0.2) is 30.3 Å². The SMILES string of the molecule is Cc1nn(C2C[C@H]3CC[C@@H](C2)N3)c2nnc(-c3ccccc3)c(Cl)c12. The Labute approximate surface area is 151 Å². The van der Waals surface area contributed by atoms with Gasteiger partial charge in [-0.25, -0.2) is 4.68 Å². The first-order valence-electron chi connectivity index (χ1n) is 8.93. The van der Waals surface area contributed by atoms with Gasteiger partial charge in [0.15, 0.2) is 5.65 Å². The molecule has 6 heteroatoms. The zero-order valence-corrected chi connectivity index (χ0v) is 14.9. The lowest BCUT2D eigenvalue weighted by Gasteiger charge is -2.29. The van der Waals surface area contributed by atoms with E-state index >= 15 is 0 Å². The maximum absolute atomic E-state index is 6.74. The molecule has 0 spiro atoms. The second-order valence-corrected chi connectivity index (χ2v) is 7.60. The lowest BCUT2D eigenvalue weighted by atomic mass is 10.00. The van der Waals surface area contributed by atoms with Crippen LogP contribution in [0.2, 0.25) is 5.02 Å². The molecule has 2 aromatic heterocycles. The molecule has 25 heavy (non-hydrogen) atoms. The second kappa shape index (κ2) is 5.78. The van der Waals surface area contributed by atoms with Gasteiger partial charge in [-0.05, 0) is 32.6 Å². The van der Waals surface area contributed by atoms with Gasteiger partial charge in [0.05, 0.1) is 22.1 Å². The number of hydrogen-bond acceptors (Lipinski definition) is 4. The number of halogens is 1. The Morgan fingerprint density at radius 3 is 2.52 bits per heavy atom. The molecule has 0 aliphatic carbocycles. The fourth-order valence-electron chi connectivity index (χ4n) is 4.41. The van der Waals surface area contributed by atoms with Crippen LogP contribution < -0.4 is 5.32 Å². The topological polar surface area (TPSA) is 55.6 Å². The smallest absolute Gasteiger partial charge is 0.182 e. The highest BCUT2D eigenvalue weighted by molar-refractivity contribution is 6.37. The molecule has 2 fully saturated rings. The highest BCUT2D eigenvalue weighted by Gasteiger charge is 2.35. The van der Waals surface area contributed by atoms with Crippen LogP contribution in [0.5, 0.6) is 0 Å². The number of nitrogens with one attached hydrogen (secondary N) is 1. The molecule has 2 saturated heterocycles. The van der Waals surface area contributed by atoms with E-state index in [9.17, 15) is 0 Å². The molecule has 1 aromatic carbocycles. The first kappa shape index (κ1) is 15.3. The lowest BCUT2D eigenvalue weighted by molar-refractivity contribution is 0.285. The molecule has 5 rings (SSSR count). The van der Waals surface area contributed by atoms with Crippen molar-refractivity contribution in [3.8, 4) is 11.3 Å². The van der Waals surface area contributed by atoms with Crippen molar-refractivity contribution in [3.63, 3.8) is 0 Å². The van der Waals surface area contributed by atoms with Gasteiger partial charge in [0.1, 0.15) is 5.69 Å². The van der Waals surface area contributed by atoms with Crippen LogP contribution in [-0.2, 0) is 0 Å². The fourth-order valence-corrected chi connectivity index (χ4v) is 4.78. The van der Waals surface area contributed by atoms with Gasteiger partial charge >= 0.3 is 0 Å². The van der Waals surface area contributed by atoms with Crippen LogP contribution in [0.4, 0.5) is 0 Å². The molecule has 1 unspecified atom stereocenters. The van der Waals surface area contributed by atoms with Crippen LogP contribution >= 0.6 is 11.6 Å². The summed E-state index contributed by atoms with van der Waals surface area (Å²) in [7, 11) is 0. The molecule has 0 amide bonds. The Balaban J connectivity index is 1.62. The van der Waals surface area contributed by atoms with Crippen molar-refractivity contribution in [1.29, 1.82) is 0 Å². The van der Waals surface area contributed by atoms with Crippen LogP contribution in [0.1, 0.15) is 37.4 Å². The van der Waals surface area contributed by atoms with E-state index in [4.69, 9.17) is 16.7 Å². The van der Waals surface area contributed by atoms with Crippen molar-refractivity contribution in [1.82, 2.24) is 25.3 Å². The van der Waals surface area contributed by atoms with E-state index in [1.807, 2.05) is 37.3 Å². The molecule has 1 N–H and O–H groups in total. The summed E-state index contributed by atoms with van der Waals surface area (Å²) in [6.07, 6.45) is 4.74. The average molecular weight is 354 g/mol. The van der Waals surface area contributed by atoms with Gasteiger partial charge in [0, 0.05) is 17.6 Å². The van der Waals surface area contributed by atoms with E-state index in [0.29, 0.717) is 23.1 Å². The first-order valence-corrected chi connectivity index (χ1v) is 9.31. The zero-order chi connectivity index (χ0) is 17.0. The Hall–Kier alpha value is -1.98. The summed E-state index contributed by atoms with van der Waals surface area (Å²) in [5, 5.41) is 19.0. The lowest BCUT2D eigenvalue weighted by Crippen LogP contribution is -2.39. The third kappa shape index (κ3) is 2.45. The molecular formula is C19H20ClN5. The standard InChI is InChI=1S/C19H20ClN5/c1-11-16-17(20)18(12-5-3-2-4-6-12)22-23-19(16)25(24-11)15-9-13-7-8-14(10-15)21-13/h2-6,13-15,21H,7-10H2,1H3/t13-,14+,15?. The van der Waals surface area contributed by atoms with Gasteiger partial charge in [-0.3, -0.25) is 0 Å². The maximum atomic E-state index is 6.74. The second-order valence-electron chi connectivity index (χ2n) is 7.22. The number of rotatable bonds is 2. The molecular weight excluding hydrogens is 334 g/mol. The van der Waals surface area contributed by atoms with Gasteiger partial charge in [-0.15, -0.1) is 10.2 Å². The van der Waals surface area contributed by atoms with Gasteiger partial charge in [-0.2, -0.15) is 5.10 Å². The third-order valence-electron chi connectivity index (χ3n) is 5.57. The maximum Gasteiger partial charge on any atom is 0.182 e. The Bertz CT molecular complexity index is 924. The highest BCUT2D eigenvalue weighted by Crippen LogP contribution is 2.38. The molecule has 5 nitrogen and oxygen atoms in total. The Kier molecular flexibility index (Phi) is 3.54. The van der Waals surface area contributed by atoms with Crippen LogP contribution in [0.25, 0.3) is 22.3 Å². The van der Waals surface area contributed by atoms with Crippen LogP contribution in [-0.4, -0.2) is 32.1 Å². The number of piperidine rings is 1. The minimum Gasteiger partial charge on any atom is -0.311 e. The Morgan fingerprint density at radius 1 is 1.08 bits per heavy atom. The van der Waals surface area contributed by atoms with E-state index < -0.39 is 0 Å².